The molecule has 19 heavy (non-hydrogen) atoms. The molecule has 0 amide bonds. The Morgan fingerprint density at radius 2 is 2.11 bits per heavy atom. The van der Waals surface area contributed by atoms with E-state index in [2.05, 4.69) is 23.8 Å². The van der Waals surface area contributed by atoms with E-state index in [0.29, 0.717) is 6.61 Å². The Labute approximate surface area is 113 Å². The number of hydrogen-bond acceptors (Lipinski definition) is 2. The van der Waals surface area contributed by atoms with E-state index in [0.717, 1.165) is 18.0 Å². The van der Waals surface area contributed by atoms with Gasteiger partial charge in [0.05, 0.1) is 12.7 Å². The van der Waals surface area contributed by atoms with Crippen LogP contribution in [-0.4, -0.2) is 16.4 Å². The molecule has 0 unspecified atom stereocenters. The van der Waals surface area contributed by atoms with Gasteiger partial charge in [-0.25, -0.2) is 0 Å². The van der Waals surface area contributed by atoms with E-state index in [1.807, 2.05) is 42.0 Å². The minimum Gasteiger partial charge on any atom is -0.486 e. The van der Waals surface area contributed by atoms with Crippen molar-refractivity contribution in [1.82, 2.24) is 9.78 Å². The summed E-state index contributed by atoms with van der Waals surface area (Å²) in [5.74, 6) is 0.786. The number of aromatic nitrogens is 2. The number of rotatable bonds is 6. The predicted molar refractivity (Wildman–Crippen MR) is 78.2 cm³/mol. The van der Waals surface area contributed by atoms with Crippen LogP contribution < -0.4 is 4.74 Å². The molecule has 0 spiro atoms. The lowest BCUT2D eigenvalue weighted by atomic mass is 10.2. The first-order valence-electron chi connectivity index (χ1n) is 6.31. The summed E-state index contributed by atoms with van der Waals surface area (Å²) in [4.78, 5) is 0. The molecule has 0 aliphatic rings. The second-order valence-corrected chi connectivity index (χ2v) is 4.14. The van der Waals surface area contributed by atoms with Crippen molar-refractivity contribution in [3.63, 3.8) is 0 Å². The van der Waals surface area contributed by atoms with Gasteiger partial charge in [0.15, 0.2) is 5.75 Å². The molecule has 2 rings (SSSR count). The first kappa shape index (κ1) is 13.1. The number of ether oxygens (including phenoxy) is 1. The highest BCUT2D eigenvalue weighted by atomic mass is 16.5. The quantitative estimate of drug-likeness (QED) is 0.737. The maximum absolute atomic E-state index is 5.60. The van der Waals surface area contributed by atoms with Crippen LogP contribution in [0.15, 0.2) is 55.3 Å². The van der Waals surface area contributed by atoms with Crippen molar-refractivity contribution in [3.8, 4) is 5.75 Å². The summed E-state index contributed by atoms with van der Waals surface area (Å²) < 4.78 is 7.54. The molecule has 0 bridgehead atoms. The van der Waals surface area contributed by atoms with Gasteiger partial charge in [0.25, 0.3) is 0 Å². The Bertz CT molecular complexity index is 555. The standard InChI is InChI=1S/C16H18N2O/c1-3-8-15-16(19-11-4-2)12-17-18(15)13-14-9-6-5-7-10-14/h3-10,12H,2,11,13H2,1H3/b8-3+. The van der Waals surface area contributed by atoms with Crippen molar-refractivity contribution >= 4 is 6.08 Å². The minimum absolute atomic E-state index is 0.488. The number of nitrogens with zero attached hydrogens (tertiary/aromatic N) is 2. The predicted octanol–water partition coefficient (Wildman–Crippen LogP) is 3.53. The molecule has 2 aromatic rings. The summed E-state index contributed by atoms with van der Waals surface area (Å²) in [7, 11) is 0. The van der Waals surface area contributed by atoms with Crippen LogP contribution in [0.3, 0.4) is 0 Å². The lowest BCUT2D eigenvalue weighted by molar-refractivity contribution is 0.362. The SMILES string of the molecule is C=CCOc1cnn(Cc2ccccc2)c1/C=C/C. The molecule has 0 N–H and O–H groups in total. The van der Waals surface area contributed by atoms with E-state index in [9.17, 15) is 0 Å². The van der Waals surface area contributed by atoms with E-state index in [1.54, 1.807) is 12.3 Å². The topological polar surface area (TPSA) is 27.1 Å². The van der Waals surface area contributed by atoms with Gasteiger partial charge in [0.2, 0.25) is 0 Å². The van der Waals surface area contributed by atoms with Gasteiger partial charge in [-0.1, -0.05) is 49.1 Å². The third-order valence-corrected chi connectivity index (χ3v) is 2.70. The fourth-order valence-electron chi connectivity index (χ4n) is 1.85. The van der Waals surface area contributed by atoms with Crippen LogP contribution >= 0.6 is 0 Å². The summed E-state index contributed by atoms with van der Waals surface area (Å²) >= 11 is 0. The van der Waals surface area contributed by atoms with Gasteiger partial charge in [0, 0.05) is 0 Å². The zero-order chi connectivity index (χ0) is 13.5. The van der Waals surface area contributed by atoms with Gasteiger partial charge in [-0.15, -0.1) is 0 Å². The van der Waals surface area contributed by atoms with Gasteiger partial charge in [-0.05, 0) is 18.6 Å². The number of hydrogen-bond donors (Lipinski definition) is 0. The molecule has 3 nitrogen and oxygen atoms in total. The smallest absolute Gasteiger partial charge is 0.165 e. The average Bonchev–Trinajstić information content (AvgIpc) is 2.81. The van der Waals surface area contributed by atoms with Gasteiger partial charge >= 0.3 is 0 Å². The van der Waals surface area contributed by atoms with E-state index in [4.69, 9.17) is 4.74 Å². The van der Waals surface area contributed by atoms with Crippen molar-refractivity contribution in [2.45, 2.75) is 13.5 Å². The largest absolute Gasteiger partial charge is 0.486 e. The van der Waals surface area contributed by atoms with Gasteiger partial charge in [0.1, 0.15) is 12.3 Å². The highest BCUT2D eigenvalue weighted by Crippen LogP contribution is 2.20. The van der Waals surface area contributed by atoms with E-state index in [-0.39, 0.29) is 0 Å². The van der Waals surface area contributed by atoms with E-state index in [1.165, 1.54) is 5.56 Å². The van der Waals surface area contributed by atoms with Gasteiger partial charge < -0.3 is 4.74 Å². The summed E-state index contributed by atoms with van der Waals surface area (Å²) in [6, 6.07) is 10.3. The van der Waals surface area contributed by atoms with Crippen molar-refractivity contribution in [2.75, 3.05) is 6.61 Å². The molecule has 0 atom stereocenters. The fraction of sp³-hybridized carbons (Fsp3) is 0.188. The third-order valence-electron chi connectivity index (χ3n) is 2.70. The molecule has 3 heteroatoms. The van der Waals surface area contributed by atoms with Crippen molar-refractivity contribution in [3.05, 3.63) is 66.5 Å². The molecule has 1 aromatic carbocycles. The molecular formula is C16H18N2O. The Balaban J connectivity index is 2.24. The van der Waals surface area contributed by atoms with Gasteiger partial charge in [-0.2, -0.15) is 5.10 Å². The normalized spacial score (nSPS) is 10.8. The molecule has 0 aliphatic carbocycles. The van der Waals surface area contributed by atoms with Crippen LogP contribution in [0.25, 0.3) is 6.08 Å². The van der Waals surface area contributed by atoms with E-state index >= 15 is 0 Å². The summed E-state index contributed by atoms with van der Waals surface area (Å²) in [6.07, 6.45) is 7.48. The highest BCUT2D eigenvalue weighted by molar-refractivity contribution is 5.52. The van der Waals surface area contributed by atoms with Crippen LogP contribution in [0.5, 0.6) is 5.75 Å². The number of allylic oxidation sites excluding steroid dienone is 1. The van der Waals surface area contributed by atoms with Crippen LogP contribution in [-0.2, 0) is 6.54 Å². The lowest BCUT2D eigenvalue weighted by Gasteiger charge is -2.06. The fourth-order valence-corrected chi connectivity index (χ4v) is 1.85. The summed E-state index contributed by atoms with van der Waals surface area (Å²) in [5, 5.41) is 4.39. The van der Waals surface area contributed by atoms with Gasteiger partial charge in [-0.3, -0.25) is 4.68 Å². The first-order chi connectivity index (χ1) is 9.35. The van der Waals surface area contributed by atoms with E-state index < -0.39 is 0 Å². The lowest BCUT2D eigenvalue weighted by Crippen LogP contribution is -2.04. The molecule has 0 saturated heterocycles. The second kappa shape index (κ2) is 6.59. The van der Waals surface area contributed by atoms with Crippen molar-refractivity contribution in [2.24, 2.45) is 0 Å². The molecule has 0 radical (unpaired) electrons. The monoisotopic (exact) mass is 254 g/mol. The average molecular weight is 254 g/mol. The Kier molecular flexibility index (Phi) is 4.56. The molecule has 98 valence electrons. The van der Waals surface area contributed by atoms with Crippen molar-refractivity contribution < 1.29 is 4.74 Å². The minimum atomic E-state index is 0.488. The maximum atomic E-state index is 5.60. The number of benzene rings is 1. The van der Waals surface area contributed by atoms with Crippen molar-refractivity contribution in [1.29, 1.82) is 0 Å². The Morgan fingerprint density at radius 3 is 2.79 bits per heavy atom. The molecule has 1 aromatic heterocycles. The Morgan fingerprint density at radius 1 is 1.32 bits per heavy atom. The second-order valence-electron chi connectivity index (χ2n) is 4.14. The maximum Gasteiger partial charge on any atom is 0.165 e. The molecule has 0 fully saturated rings. The van der Waals surface area contributed by atoms with Crippen LogP contribution in [0.2, 0.25) is 0 Å². The Hall–Kier alpha value is -2.29. The van der Waals surface area contributed by atoms with Crippen LogP contribution in [0, 0.1) is 0 Å². The zero-order valence-corrected chi connectivity index (χ0v) is 11.1. The van der Waals surface area contributed by atoms with Crippen LogP contribution in [0.4, 0.5) is 0 Å². The first-order valence-corrected chi connectivity index (χ1v) is 6.31. The summed E-state index contributed by atoms with van der Waals surface area (Å²) in [6.45, 7) is 6.86. The highest BCUT2D eigenvalue weighted by Gasteiger charge is 2.09. The zero-order valence-electron chi connectivity index (χ0n) is 11.1. The third kappa shape index (κ3) is 3.35. The summed E-state index contributed by atoms with van der Waals surface area (Å²) in [5.41, 5.74) is 2.19. The molecule has 0 saturated carbocycles. The molecule has 0 aliphatic heterocycles. The van der Waals surface area contributed by atoms with Crippen LogP contribution in [0.1, 0.15) is 18.2 Å². The molecular weight excluding hydrogens is 236 g/mol. The molecule has 1 heterocycles.